The van der Waals surface area contributed by atoms with E-state index in [0.29, 0.717) is 5.92 Å². The maximum Gasteiger partial charge on any atom is 0.272 e. The van der Waals surface area contributed by atoms with Crippen molar-refractivity contribution in [2.45, 2.75) is 26.2 Å². The van der Waals surface area contributed by atoms with Crippen molar-refractivity contribution >= 4 is 5.69 Å². The van der Waals surface area contributed by atoms with E-state index in [1.807, 2.05) is 12.1 Å². The van der Waals surface area contributed by atoms with E-state index < -0.39 is 0 Å². The number of hydrogen-bond acceptors (Lipinski definition) is 4. The number of piperidine rings is 1. The number of hydrogen-bond donors (Lipinski definition) is 1. The zero-order valence-electron chi connectivity index (χ0n) is 12.8. The summed E-state index contributed by atoms with van der Waals surface area (Å²) in [6, 6.07) is 7.07. The standard InChI is InChI=1S/C16H25N3O2/c1-2-18(13-14-6-5-10-17-12-14)11-9-15-7-3-4-8-16(15)19(20)21/h3-4,7-8,14,17H,2,5-6,9-13H2,1H3. The van der Waals surface area contributed by atoms with E-state index in [0.717, 1.165) is 44.7 Å². The van der Waals surface area contributed by atoms with Crippen LogP contribution in [0.2, 0.25) is 0 Å². The first kappa shape index (κ1) is 15.9. The third kappa shape index (κ3) is 4.79. The molecule has 1 heterocycles. The monoisotopic (exact) mass is 291 g/mol. The van der Waals surface area contributed by atoms with Gasteiger partial charge < -0.3 is 10.2 Å². The Bertz CT molecular complexity index is 459. The molecule has 116 valence electrons. The normalized spacial score (nSPS) is 18.9. The molecule has 1 fully saturated rings. The topological polar surface area (TPSA) is 58.4 Å². The molecular weight excluding hydrogens is 266 g/mol. The van der Waals surface area contributed by atoms with Gasteiger partial charge in [-0.05, 0) is 44.8 Å². The van der Waals surface area contributed by atoms with Crippen LogP contribution in [0.3, 0.4) is 0 Å². The minimum Gasteiger partial charge on any atom is -0.316 e. The molecule has 0 aromatic heterocycles. The van der Waals surface area contributed by atoms with Gasteiger partial charge in [-0.25, -0.2) is 0 Å². The highest BCUT2D eigenvalue weighted by Gasteiger charge is 2.17. The summed E-state index contributed by atoms with van der Waals surface area (Å²) in [4.78, 5) is 13.2. The van der Waals surface area contributed by atoms with Gasteiger partial charge in [0.1, 0.15) is 0 Å². The van der Waals surface area contributed by atoms with Crippen molar-refractivity contribution in [3.05, 3.63) is 39.9 Å². The van der Waals surface area contributed by atoms with E-state index in [4.69, 9.17) is 0 Å². The van der Waals surface area contributed by atoms with Crippen LogP contribution in [0.5, 0.6) is 0 Å². The molecule has 1 saturated heterocycles. The lowest BCUT2D eigenvalue weighted by Crippen LogP contribution is -2.39. The fourth-order valence-corrected chi connectivity index (χ4v) is 3.00. The van der Waals surface area contributed by atoms with E-state index >= 15 is 0 Å². The first-order valence-electron chi connectivity index (χ1n) is 7.86. The second-order valence-electron chi connectivity index (χ2n) is 5.74. The van der Waals surface area contributed by atoms with Gasteiger partial charge in [-0.3, -0.25) is 10.1 Å². The molecule has 0 amide bonds. The quantitative estimate of drug-likeness (QED) is 0.619. The molecule has 0 bridgehead atoms. The van der Waals surface area contributed by atoms with Crippen LogP contribution in [-0.4, -0.2) is 42.5 Å². The summed E-state index contributed by atoms with van der Waals surface area (Å²) < 4.78 is 0. The summed E-state index contributed by atoms with van der Waals surface area (Å²) in [5, 5.41) is 14.5. The van der Waals surface area contributed by atoms with E-state index in [9.17, 15) is 10.1 Å². The zero-order chi connectivity index (χ0) is 15.1. The minimum atomic E-state index is -0.281. The van der Waals surface area contributed by atoms with E-state index in [1.54, 1.807) is 12.1 Å². The van der Waals surface area contributed by atoms with Crippen LogP contribution in [0.25, 0.3) is 0 Å². The van der Waals surface area contributed by atoms with Gasteiger partial charge >= 0.3 is 0 Å². The predicted molar refractivity (Wildman–Crippen MR) is 84.5 cm³/mol. The highest BCUT2D eigenvalue weighted by atomic mass is 16.6. The van der Waals surface area contributed by atoms with Crippen LogP contribution < -0.4 is 5.32 Å². The van der Waals surface area contributed by atoms with Crippen LogP contribution in [0.1, 0.15) is 25.3 Å². The first-order chi connectivity index (χ1) is 10.2. The Hall–Kier alpha value is -1.46. The molecule has 1 aromatic carbocycles. The van der Waals surface area contributed by atoms with Gasteiger partial charge in [0.15, 0.2) is 0 Å². The molecule has 1 aliphatic heterocycles. The molecule has 21 heavy (non-hydrogen) atoms. The number of rotatable bonds is 7. The number of nitrogens with one attached hydrogen (secondary N) is 1. The summed E-state index contributed by atoms with van der Waals surface area (Å²) in [6.45, 7) is 7.37. The average Bonchev–Trinajstić information content (AvgIpc) is 2.52. The van der Waals surface area contributed by atoms with Crippen molar-refractivity contribution in [3.63, 3.8) is 0 Å². The lowest BCUT2D eigenvalue weighted by Gasteiger charge is -2.29. The summed E-state index contributed by atoms with van der Waals surface area (Å²) >= 11 is 0. The molecular formula is C16H25N3O2. The van der Waals surface area contributed by atoms with Gasteiger partial charge in [-0.2, -0.15) is 0 Å². The van der Waals surface area contributed by atoms with Crippen LogP contribution in [0.4, 0.5) is 5.69 Å². The molecule has 1 N–H and O–H groups in total. The third-order valence-corrected chi connectivity index (χ3v) is 4.25. The first-order valence-corrected chi connectivity index (χ1v) is 7.86. The third-order valence-electron chi connectivity index (χ3n) is 4.25. The average molecular weight is 291 g/mol. The highest BCUT2D eigenvalue weighted by molar-refractivity contribution is 5.39. The lowest BCUT2D eigenvalue weighted by atomic mass is 9.99. The molecule has 0 aliphatic carbocycles. The van der Waals surface area contributed by atoms with Gasteiger partial charge in [0.2, 0.25) is 0 Å². The molecule has 5 nitrogen and oxygen atoms in total. The van der Waals surface area contributed by atoms with Gasteiger partial charge in [0, 0.05) is 24.7 Å². The van der Waals surface area contributed by atoms with Gasteiger partial charge in [0.25, 0.3) is 5.69 Å². The van der Waals surface area contributed by atoms with Crippen LogP contribution in [-0.2, 0) is 6.42 Å². The second-order valence-corrected chi connectivity index (χ2v) is 5.74. The molecule has 1 atom stereocenters. The lowest BCUT2D eigenvalue weighted by molar-refractivity contribution is -0.385. The predicted octanol–water partition coefficient (Wildman–Crippen LogP) is 2.46. The number of para-hydroxylation sites is 1. The van der Waals surface area contributed by atoms with E-state index in [2.05, 4.69) is 17.1 Å². The molecule has 1 aliphatic rings. The highest BCUT2D eigenvalue weighted by Crippen LogP contribution is 2.19. The van der Waals surface area contributed by atoms with Crippen LogP contribution in [0, 0.1) is 16.0 Å². The molecule has 0 spiro atoms. The maximum atomic E-state index is 11.0. The number of likely N-dealkylation sites (N-methyl/N-ethyl adjacent to an activating group) is 1. The van der Waals surface area contributed by atoms with Crippen molar-refractivity contribution in [1.82, 2.24) is 10.2 Å². The number of nitrogens with zero attached hydrogens (tertiary/aromatic N) is 2. The van der Waals surface area contributed by atoms with Crippen molar-refractivity contribution in [1.29, 1.82) is 0 Å². The van der Waals surface area contributed by atoms with Gasteiger partial charge in [-0.1, -0.05) is 25.1 Å². The second kappa shape index (κ2) is 8.10. The van der Waals surface area contributed by atoms with Crippen LogP contribution >= 0.6 is 0 Å². The number of nitro benzene ring substituents is 1. The van der Waals surface area contributed by atoms with Gasteiger partial charge in [0.05, 0.1) is 4.92 Å². The summed E-state index contributed by atoms with van der Waals surface area (Å²) in [6.07, 6.45) is 3.28. The van der Waals surface area contributed by atoms with Crippen molar-refractivity contribution in [2.24, 2.45) is 5.92 Å². The number of benzene rings is 1. The Balaban J connectivity index is 1.89. The zero-order valence-corrected chi connectivity index (χ0v) is 12.8. The molecule has 1 unspecified atom stereocenters. The Morgan fingerprint density at radius 2 is 2.24 bits per heavy atom. The molecule has 5 heteroatoms. The largest absolute Gasteiger partial charge is 0.316 e. The van der Waals surface area contributed by atoms with E-state index in [1.165, 1.54) is 12.8 Å². The summed E-state index contributed by atoms with van der Waals surface area (Å²) in [5.41, 5.74) is 1.08. The van der Waals surface area contributed by atoms with Crippen molar-refractivity contribution < 1.29 is 4.92 Å². The van der Waals surface area contributed by atoms with Crippen molar-refractivity contribution in [2.75, 3.05) is 32.7 Å². The smallest absolute Gasteiger partial charge is 0.272 e. The fourth-order valence-electron chi connectivity index (χ4n) is 3.00. The molecule has 1 aromatic rings. The van der Waals surface area contributed by atoms with Crippen LogP contribution in [0.15, 0.2) is 24.3 Å². The Labute approximate surface area is 126 Å². The maximum absolute atomic E-state index is 11.0. The Morgan fingerprint density at radius 1 is 1.43 bits per heavy atom. The SMILES string of the molecule is CCN(CCc1ccccc1[N+](=O)[O-])CC1CCCNC1. The molecule has 0 radical (unpaired) electrons. The molecule has 2 rings (SSSR count). The van der Waals surface area contributed by atoms with Gasteiger partial charge in [-0.15, -0.1) is 0 Å². The Morgan fingerprint density at radius 3 is 2.90 bits per heavy atom. The molecule has 0 saturated carbocycles. The van der Waals surface area contributed by atoms with E-state index in [-0.39, 0.29) is 10.6 Å². The summed E-state index contributed by atoms with van der Waals surface area (Å²) in [7, 11) is 0. The Kier molecular flexibility index (Phi) is 6.14. The number of nitro groups is 1. The summed E-state index contributed by atoms with van der Waals surface area (Å²) in [5.74, 6) is 0.712. The minimum absolute atomic E-state index is 0.243. The van der Waals surface area contributed by atoms with Crippen molar-refractivity contribution in [3.8, 4) is 0 Å². The fraction of sp³-hybridized carbons (Fsp3) is 0.625.